The van der Waals surface area contributed by atoms with E-state index in [1.165, 1.54) is 0 Å². The third-order valence-electron chi connectivity index (χ3n) is 3.10. The molecule has 0 saturated carbocycles. The van der Waals surface area contributed by atoms with Crippen molar-refractivity contribution in [3.05, 3.63) is 70.7 Å². The van der Waals surface area contributed by atoms with Crippen molar-refractivity contribution < 1.29 is 4.74 Å². The Labute approximate surface area is 125 Å². The molecule has 0 aromatic heterocycles. The van der Waals surface area contributed by atoms with E-state index in [-0.39, 0.29) is 6.10 Å². The summed E-state index contributed by atoms with van der Waals surface area (Å²) in [5, 5.41) is 4.00. The van der Waals surface area contributed by atoms with Gasteiger partial charge in [0.15, 0.2) is 0 Å². The molecular formula is C17H20ClNO. The van der Waals surface area contributed by atoms with E-state index in [0.717, 1.165) is 29.2 Å². The third-order valence-corrected chi connectivity index (χ3v) is 3.45. The van der Waals surface area contributed by atoms with E-state index in [2.05, 4.69) is 24.4 Å². The molecule has 2 aromatic rings. The lowest BCUT2D eigenvalue weighted by Gasteiger charge is -2.20. The van der Waals surface area contributed by atoms with Gasteiger partial charge >= 0.3 is 0 Å². The van der Waals surface area contributed by atoms with Gasteiger partial charge in [-0.25, -0.2) is 0 Å². The van der Waals surface area contributed by atoms with Gasteiger partial charge < -0.3 is 10.1 Å². The van der Waals surface area contributed by atoms with Crippen molar-refractivity contribution in [2.24, 2.45) is 0 Å². The maximum absolute atomic E-state index is 6.31. The number of likely N-dealkylation sites (N-methyl/N-ethyl adjacent to an activating group) is 1. The van der Waals surface area contributed by atoms with Crippen molar-refractivity contribution in [3.8, 4) is 0 Å². The molecule has 106 valence electrons. The molecule has 2 rings (SSSR count). The van der Waals surface area contributed by atoms with Crippen LogP contribution in [0.4, 0.5) is 0 Å². The molecule has 3 heteroatoms. The Hall–Kier alpha value is -1.35. The van der Waals surface area contributed by atoms with Gasteiger partial charge in [-0.15, -0.1) is 0 Å². The largest absolute Gasteiger partial charge is 0.367 e. The number of hydrogen-bond acceptors (Lipinski definition) is 2. The zero-order valence-corrected chi connectivity index (χ0v) is 12.4. The minimum absolute atomic E-state index is 0.122. The number of halogens is 1. The maximum atomic E-state index is 6.31. The fraction of sp³-hybridized carbons (Fsp3) is 0.294. The molecule has 0 aliphatic rings. The van der Waals surface area contributed by atoms with Gasteiger partial charge in [-0.05, 0) is 18.2 Å². The van der Waals surface area contributed by atoms with Gasteiger partial charge in [0.25, 0.3) is 0 Å². The first-order valence-electron chi connectivity index (χ1n) is 6.94. The van der Waals surface area contributed by atoms with E-state index in [1.54, 1.807) is 0 Å². The van der Waals surface area contributed by atoms with Gasteiger partial charge in [-0.1, -0.05) is 67.1 Å². The molecule has 1 atom stereocenters. The monoisotopic (exact) mass is 289 g/mol. The highest BCUT2D eigenvalue weighted by molar-refractivity contribution is 6.31. The Bertz CT molecular complexity index is 515. The normalized spacial score (nSPS) is 12.3. The van der Waals surface area contributed by atoms with Crippen molar-refractivity contribution in [2.75, 3.05) is 19.7 Å². The van der Waals surface area contributed by atoms with Gasteiger partial charge in [-0.2, -0.15) is 0 Å². The first kappa shape index (κ1) is 15.0. The van der Waals surface area contributed by atoms with Crippen LogP contribution in [0.1, 0.15) is 24.2 Å². The van der Waals surface area contributed by atoms with Crippen LogP contribution in [0.15, 0.2) is 54.6 Å². The predicted molar refractivity (Wildman–Crippen MR) is 84.2 cm³/mol. The fourth-order valence-corrected chi connectivity index (χ4v) is 2.34. The van der Waals surface area contributed by atoms with Gasteiger partial charge in [0, 0.05) is 17.1 Å². The zero-order valence-electron chi connectivity index (χ0n) is 11.7. The molecule has 2 aromatic carbocycles. The lowest BCUT2D eigenvalue weighted by atomic mass is 10.0. The van der Waals surface area contributed by atoms with E-state index in [9.17, 15) is 0 Å². The Morgan fingerprint density at radius 3 is 2.45 bits per heavy atom. The molecule has 0 aliphatic heterocycles. The van der Waals surface area contributed by atoms with E-state index in [4.69, 9.17) is 16.3 Å². The van der Waals surface area contributed by atoms with Crippen LogP contribution in [-0.2, 0) is 4.74 Å². The average Bonchev–Trinajstić information content (AvgIpc) is 2.49. The first-order chi connectivity index (χ1) is 9.83. The summed E-state index contributed by atoms with van der Waals surface area (Å²) in [6.07, 6.45) is -0.122. The quantitative estimate of drug-likeness (QED) is 0.776. The lowest BCUT2D eigenvalue weighted by Crippen LogP contribution is -2.20. The molecule has 0 fully saturated rings. The average molecular weight is 290 g/mol. The molecular weight excluding hydrogens is 270 g/mol. The van der Waals surface area contributed by atoms with Crippen LogP contribution in [0.25, 0.3) is 0 Å². The number of hydrogen-bond donors (Lipinski definition) is 1. The minimum Gasteiger partial charge on any atom is -0.367 e. The molecule has 0 bridgehead atoms. The Morgan fingerprint density at radius 1 is 1.05 bits per heavy atom. The van der Waals surface area contributed by atoms with Crippen LogP contribution in [0.3, 0.4) is 0 Å². The minimum atomic E-state index is -0.122. The Balaban J connectivity index is 2.19. The molecule has 0 spiro atoms. The van der Waals surface area contributed by atoms with Crippen LogP contribution < -0.4 is 5.32 Å². The van der Waals surface area contributed by atoms with Crippen molar-refractivity contribution in [1.29, 1.82) is 0 Å². The molecule has 20 heavy (non-hydrogen) atoms. The second-order valence-electron chi connectivity index (χ2n) is 4.54. The van der Waals surface area contributed by atoms with E-state index < -0.39 is 0 Å². The summed E-state index contributed by atoms with van der Waals surface area (Å²) in [7, 11) is 0. The summed E-state index contributed by atoms with van der Waals surface area (Å²) in [5.41, 5.74) is 2.13. The van der Waals surface area contributed by atoms with Crippen molar-refractivity contribution in [1.82, 2.24) is 5.32 Å². The van der Waals surface area contributed by atoms with Crippen LogP contribution in [0, 0.1) is 0 Å². The van der Waals surface area contributed by atoms with Crippen LogP contribution in [-0.4, -0.2) is 19.7 Å². The second kappa shape index (κ2) is 8.05. The van der Waals surface area contributed by atoms with E-state index in [0.29, 0.717) is 6.61 Å². The van der Waals surface area contributed by atoms with Crippen LogP contribution in [0.5, 0.6) is 0 Å². The molecule has 0 heterocycles. The topological polar surface area (TPSA) is 21.3 Å². The van der Waals surface area contributed by atoms with Crippen molar-refractivity contribution in [2.45, 2.75) is 13.0 Å². The van der Waals surface area contributed by atoms with Crippen LogP contribution >= 0.6 is 11.6 Å². The first-order valence-corrected chi connectivity index (χ1v) is 7.32. The summed E-state index contributed by atoms with van der Waals surface area (Å²) >= 11 is 6.31. The standard InChI is InChI=1S/C17H20ClNO/c1-2-19-12-13-20-17(14-8-4-3-5-9-14)15-10-6-7-11-16(15)18/h3-11,17,19H,2,12-13H2,1H3. The molecule has 0 saturated heterocycles. The second-order valence-corrected chi connectivity index (χ2v) is 4.94. The van der Waals surface area contributed by atoms with Crippen molar-refractivity contribution >= 4 is 11.6 Å². The highest BCUT2D eigenvalue weighted by atomic mass is 35.5. The van der Waals surface area contributed by atoms with Gasteiger partial charge in [-0.3, -0.25) is 0 Å². The molecule has 1 N–H and O–H groups in total. The molecule has 0 aliphatic carbocycles. The lowest BCUT2D eigenvalue weighted by molar-refractivity contribution is 0.0824. The van der Waals surface area contributed by atoms with Gasteiger partial charge in [0.1, 0.15) is 6.10 Å². The third kappa shape index (κ3) is 4.07. The number of rotatable bonds is 7. The molecule has 0 amide bonds. The summed E-state index contributed by atoms with van der Waals surface area (Å²) in [5.74, 6) is 0. The predicted octanol–water partition coefficient (Wildman–Crippen LogP) is 4.06. The molecule has 1 unspecified atom stereocenters. The Morgan fingerprint density at radius 2 is 1.75 bits per heavy atom. The number of nitrogens with one attached hydrogen (secondary N) is 1. The smallest absolute Gasteiger partial charge is 0.109 e. The SMILES string of the molecule is CCNCCOC(c1ccccc1)c1ccccc1Cl. The van der Waals surface area contributed by atoms with Crippen LogP contribution in [0.2, 0.25) is 5.02 Å². The number of benzene rings is 2. The van der Waals surface area contributed by atoms with E-state index >= 15 is 0 Å². The summed E-state index contributed by atoms with van der Waals surface area (Å²) in [4.78, 5) is 0. The summed E-state index contributed by atoms with van der Waals surface area (Å²) in [6.45, 7) is 4.52. The highest BCUT2D eigenvalue weighted by Gasteiger charge is 2.16. The van der Waals surface area contributed by atoms with Gasteiger partial charge in [0.2, 0.25) is 0 Å². The summed E-state index contributed by atoms with van der Waals surface area (Å²) in [6, 6.07) is 18.0. The summed E-state index contributed by atoms with van der Waals surface area (Å²) < 4.78 is 6.05. The van der Waals surface area contributed by atoms with Crippen molar-refractivity contribution in [3.63, 3.8) is 0 Å². The van der Waals surface area contributed by atoms with Gasteiger partial charge in [0.05, 0.1) is 6.61 Å². The molecule has 2 nitrogen and oxygen atoms in total. The fourth-order valence-electron chi connectivity index (χ4n) is 2.11. The molecule has 0 radical (unpaired) electrons. The number of ether oxygens (including phenoxy) is 1. The zero-order chi connectivity index (χ0) is 14.2. The highest BCUT2D eigenvalue weighted by Crippen LogP contribution is 2.30. The van der Waals surface area contributed by atoms with E-state index in [1.807, 2.05) is 42.5 Å². The Kier molecular flexibility index (Phi) is 6.06. The maximum Gasteiger partial charge on any atom is 0.109 e.